The fourth-order valence-electron chi connectivity index (χ4n) is 3.90. The molecule has 2 saturated heterocycles. The van der Waals surface area contributed by atoms with E-state index in [-0.39, 0.29) is 17.9 Å². The summed E-state index contributed by atoms with van der Waals surface area (Å²) in [5, 5.41) is 2.82. The van der Waals surface area contributed by atoms with Crippen LogP contribution in [0.1, 0.15) is 46.5 Å². The second kappa shape index (κ2) is 8.75. The van der Waals surface area contributed by atoms with Crippen molar-refractivity contribution in [1.82, 2.24) is 20.2 Å². The predicted octanol–water partition coefficient (Wildman–Crippen LogP) is 2.21. The Labute approximate surface area is 166 Å². The molecule has 3 rings (SSSR count). The summed E-state index contributed by atoms with van der Waals surface area (Å²) >= 11 is 0. The fourth-order valence-corrected chi connectivity index (χ4v) is 3.90. The summed E-state index contributed by atoms with van der Waals surface area (Å²) in [4.78, 5) is 37.8. The van der Waals surface area contributed by atoms with E-state index >= 15 is 0 Å². The molecular weight excluding hydrogens is 358 g/mol. The van der Waals surface area contributed by atoms with Crippen LogP contribution in [0.25, 0.3) is 0 Å². The van der Waals surface area contributed by atoms with Crippen molar-refractivity contribution < 1.29 is 14.3 Å². The van der Waals surface area contributed by atoms with Gasteiger partial charge in [0.15, 0.2) is 0 Å². The standard InChI is InChI=1S/C20H31N5O3/c1-20(2,3)28-19(27)23-13-16-8-5-12-25(16)17(26)15-7-4-11-24(14-15)18-21-9-6-10-22-18/h6,9-10,15-16H,4-5,7-8,11-14H2,1-3H3,(H,23,27)/t15-,16+/m1/s1. The molecule has 1 N–H and O–H groups in total. The minimum Gasteiger partial charge on any atom is -0.444 e. The Morgan fingerprint density at radius 2 is 1.89 bits per heavy atom. The van der Waals surface area contributed by atoms with Crippen molar-refractivity contribution >= 4 is 17.9 Å². The third-order valence-electron chi connectivity index (χ3n) is 5.15. The third kappa shape index (κ3) is 5.33. The molecule has 2 amide bonds. The van der Waals surface area contributed by atoms with Gasteiger partial charge in [-0.1, -0.05) is 0 Å². The number of hydrogen-bond donors (Lipinski definition) is 1. The van der Waals surface area contributed by atoms with Crippen LogP contribution in [0.3, 0.4) is 0 Å². The molecule has 3 heterocycles. The van der Waals surface area contributed by atoms with Gasteiger partial charge in [0.2, 0.25) is 11.9 Å². The molecule has 28 heavy (non-hydrogen) atoms. The number of anilines is 1. The second-order valence-electron chi connectivity index (χ2n) is 8.54. The highest BCUT2D eigenvalue weighted by Crippen LogP contribution is 2.26. The second-order valence-corrected chi connectivity index (χ2v) is 8.54. The van der Waals surface area contributed by atoms with Gasteiger partial charge in [0.1, 0.15) is 5.60 Å². The number of likely N-dealkylation sites (tertiary alicyclic amines) is 1. The van der Waals surface area contributed by atoms with Crippen LogP contribution in [-0.4, -0.2) is 64.7 Å². The molecule has 154 valence electrons. The molecular formula is C20H31N5O3. The summed E-state index contributed by atoms with van der Waals surface area (Å²) < 4.78 is 5.30. The Morgan fingerprint density at radius 3 is 2.61 bits per heavy atom. The Hall–Kier alpha value is -2.38. The number of carbonyl (C=O) groups is 2. The monoisotopic (exact) mass is 389 g/mol. The van der Waals surface area contributed by atoms with Crippen LogP contribution in [0.5, 0.6) is 0 Å². The van der Waals surface area contributed by atoms with Crippen LogP contribution in [-0.2, 0) is 9.53 Å². The van der Waals surface area contributed by atoms with Crippen LogP contribution in [0.2, 0.25) is 0 Å². The van der Waals surface area contributed by atoms with E-state index in [9.17, 15) is 9.59 Å². The number of amides is 2. The maximum absolute atomic E-state index is 13.2. The molecule has 0 aliphatic carbocycles. The van der Waals surface area contributed by atoms with E-state index in [0.29, 0.717) is 19.0 Å². The van der Waals surface area contributed by atoms with Crippen LogP contribution in [0, 0.1) is 5.92 Å². The van der Waals surface area contributed by atoms with Crippen molar-refractivity contribution in [2.45, 2.75) is 58.1 Å². The lowest BCUT2D eigenvalue weighted by Crippen LogP contribution is -2.49. The minimum absolute atomic E-state index is 0.0309. The summed E-state index contributed by atoms with van der Waals surface area (Å²) in [6.45, 7) is 8.20. The lowest BCUT2D eigenvalue weighted by atomic mass is 9.96. The van der Waals surface area contributed by atoms with E-state index in [1.807, 2.05) is 25.7 Å². The van der Waals surface area contributed by atoms with E-state index in [1.54, 1.807) is 18.5 Å². The van der Waals surface area contributed by atoms with Gasteiger partial charge in [-0.15, -0.1) is 0 Å². The zero-order valence-corrected chi connectivity index (χ0v) is 17.1. The van der Waals surface area contributed by atoms with Crippen LogP contribution < -0.4 is 10.2 Å². The summed E-state index contributed by atoms with van der Waals surface area (Å²) in [5.41, 5.74) is -0.527. The first-order valence-corrected chi connectivity index (χ1v) is 10.1. The molecule has 0 bridgehead atoms. The number of piperidine rings is 1. The van der Waals surface area contributed by atoms with Gasteiger partial charge in [0.25, 0.3) is 0 Å². The average Bonchev–Trinajstić information content (AvgIpc) is 3.14. The SMILES string of the molecule is CC(C)(C)OC(=O)NC[C@@H]1CCCN1C(=O)[C@@H]1CCCN(c2ncccn2)C1. The molecule has 1 aromatic rings. The summed E-state index contributed by atoms with van der Waals surface area (Å²) in [5.74, 6) is 0.804. The Kier molecular flexibility index (Phi) is 6.36. The molecule has 0 aromatic carbocycles. The van der Waals surface area contributed by atoms with E-state index < -0.39 is 11.7 Å². The van der Waals surface area contributed by atoms with Gasteiger partial charge < -0.3 is 19.9 Å². The lowest BCUT2D eigenvalue weighted by molar-refractivity contribution is -0.136. The maximum Gasteiger partial charge on any atom is 0.407 e. The van der Waals surface area contributed by atoms with Gasteiger partial charge in [-0.25, -0.2) is 14.8 Å². The van der Waals surface area contributed by atoms with E-state index in [1.165, 1.54) is 0 Å². The number of carbonyl (C=O) groups excluding carboxylic acids is 2. The molecule has 0 saturated carbocycles. The lowest BCUT2D eigenvalue weighted by Gasteiger charge is -2.35. The number of hydrogen-bond acceptors (Lipinski definition) is 6. The van der Waals surface area contributed by atoms with Crippen LogP contribution >= 0.6 is 0 Å². The highest BCUT2D eigenvalue weighted by atomic mass is 16.6. The molecule has 8 heteroatoms. The summed E-state index contributed by atoms with van der Waals surface area (Å²) in [7, 11) is 0. The number of nitrogens with zero attached hydrogens (tertiary/aromatic N) is 4. The zero-order valence-electron chi connectivity index (χ0n) is 17.1. The van der Waals surface area contributed by atoms with Gasteiger partial charge in [0.05, 0.1) is 5.92 Å². The molecule has 0 unspecified atom stereocenters. The molecule has 2 atom stereocenters. The van der Waals surface area contributed by atoms with Crippen molar-refractivity contribution in [3.05, 3.63) is 18.5 Å². The first kappa shape index (κ1) is 20.4. The van der Waals surface area contributed by atoms with Crippen LogP contribution in [0.4, 0.5) is 10.7 Å². The van der Waals surface area contributed by atoms with Crippen molar-refractivity contribution in [3.8, 4) is 0 Å². The minimum atomic E-state index is -0.527. The normalized spacial score (nSPS) is 22.8. The van der Waals surface area contributed by atoms with Gasteiger partial charge >= 0.3 is 6.09 Å². The van der Waals surface area contributed by atoms with E-state index in [4.69, 9.17) is 4.74 Å². The van der Waals surface area contributed by atoms with Crippen molar-refractivity contribution in [2.24, 2.45) is 5.92 Å². The highest BCUT2D eigenvalue weighted by molar-refractivity contribution is 5.80. The van der Waals surface area contributed by atoms with Gasteiger partial charge in [-0.3, -0.25) is 4.79 Å². The van der Waals surface area contributed by atoms with Gasteiger partial charge in [-0.2, -0.15) is 0 Å². The quantitative estimate of drug-likeness (QED) is 0.849. The first-order valence-electron chi connectivity index (χ1n) is 10.1. The first-order chi connectivity index (χ1) is 13.3. The fraction of sp³-hybridized carbons (Fsp3) is 0.700. The third-order valence-corrected chi connectivity index (χ3v) is 5.15. The van der Waals surface area contributed by atoms with Crippen molar-refractivity contribution in [3.63, 3.8) is 0 Å². The molecule has 2 fully saturated rings. The number of ether oxygens (including phenoxy) is 1. The Morgan fingerprint density at radius 1 is 1.18 bits per heavy atom. The number of rotatable bonds is 4. The van der Waals surface area contributed by atoms with Crippen LogP contribution in [0.15, 0.2) is 18.5 Å². The number of alkyl carbamates (subject to hydrolysis) is 1. The molecule has 2 aliphatic rings. The molecule has 0 radical (unpaired) electrons. The number of nitrogens with one attached hydrogen (secondary N) is 1. The summed E-state index contributed by atoms with van der Waals surface area (Å²) in [6.07, 6.45) is 6.72. The van der Waals surface area contributed by atoms with Crippen molar-refractivity contribution in [1.29, 1.82) is 0 Å². The van der Waals surface area contributed by atoms with E-state index in [0.717, 1.165) is 38.8 Å². The largest absolute Gasteiger partial charge is 0.444 e. The average molecular weight is 390 g/mol. The smallest absolute Gasteiger partial charge is 0.407 e. The van der Waals surface area contributed by atoms with E-state index in [2.05, 4.69) is 20.2 Å². The van der Waals surface area contributed by atoms with Gasteiger partial charge in [-0.05, 0) is 52.5 Å². The molecule has 1 aromatic heterocycles. The topological polar surface area (TPSA) is 87.7 Å². The zero-order chi connectivity index (χ0) is 20.1. The Bertz CT molecular complexity index is 676. The number of aromatic nitrogens is 2. The van der Waals surface area contributed by atoms with Gasteiger partial charge in [0, 0.05) is 44.6 Å². The summed E-state index contributed by atoms with van der Waals surface area (Å²) in [6, 6.07) is 1.83. The molecule has 2 aliphatic heterocycles. The molecule has 8 nitrogen and oxygen atoms in total. The molecule has 0 spiro atoms. The maximum atomic E-state index is 13.2. The predicted molar refractivity (Wildman–Crippen MR) is 106 cm³/mol. The Balaban J connectivity index is 1.56. The van der Waals surface area contributed by atoms with Crippen molar-refractivity contribution in [2.75, 3.05) is 31.1 Å². The highest BCUT2D eigenvalue weighted by Gasteiger charge is 2.35.